The number of hydrogen-bond acceptors (Lipinski definition) is 8. The molecular formula is C26H37ClN6O4S. The van der Waals surface area contributed by atoms with Crippen LogP contribution in [0.2, 0.25) is 5.15 Å². The van der Waals surface area contributed by atoms with E-state index in [9.17, 15) is 9.59 Å². The highest BCUT2D eigenvalue weighted by Crippen LogP contribution is 2.28. The molecule has 0 saturated carbocycles. The molecule has 1 aliphatic heterocycles. The van der Waals surface area contributed by atoms with Crippen LogP contribution in [-0.2, 0) is 11.2 Å². The highest BCUT2D eigenvalue weighted by Gasteiger charge is 2.30. The molecule has 2 heterocycles. The van der Waals surface area contributed by atoms with Gasteiger partial charge in [-0.05, 0) is 51.8 Å². The topological polar surface area (TPSA) is 109 Å². The second kappa shape index (κ2) is 13.2. The first-order valence-electron chi connectivity index (χ1n) is 12.5. The van der Waals surface area contributed by atoms with E-state index in [-0.39, 0.29) is 29.3 Å². The third kappa shape index (κ3) is 8.56. The molecule has 1 atom stereocenters. The Morgan fingerprint density at radius 1 is 1.13 bits per heavy atom. The number of methoxy groups -OCH3 is 2. The van der Waals surface area contributed by atoms with E-state index in [0.29, 0.717) is 60.2 Å². The summed E-state index contributed by atoms with van der Waals surface area (Å²) in [6, 6.07) is 7.33. The van der Waals surface area contributed by atoms with Crippen LogP contribution < -0.4 is 25.0 Å². The number of piperazine rings is 1. The molecule has 0 radical (unpaired) electrons. The van der Waals surface area contributed by atoms with Gasteiger partial charge in [0.05, 0.1) is 20.0 Å². The Hall–Kier alpha value is -2.92. The molecular weight excluding hydrogens is 528 g/mol. The first-order valence-corrected chi connectivity index (χ1v) is 13.8. The zero-order valence-corrected chi connectivity index (χ0v) is 24.4. The van der Waals surface area contributed by atoms with Crippen LogP contribution >= 0.6 is 23.4 Å². The molecule has 0 spiro atoms. The van der Waals surface area contributed by atoms with E-state index in [2.05, 4.69) is 25.5 Å². The Morgan fingerprint density at radius 3 is 2.53 bits per heavy atom. The maximum Gasteiger partial charge on any atom is 0.318 e. The zero-order chi connectivity index (χ0) is 27.9. The fourth-order valence-electron chi connectivity index (χ4n) is 4.04. The lowest BCUT2D eigenvalue weighted by atomic mass is 10.1. The smallest absolute Gasteiger partial charge is 0.318 e. The molecule has 208 valence electrons. The maximum absolute atomic E-state index is 12.6. The fraction of sp³-hybridized carbons (Fsp3) is 0.538. The summed E-state index contributed by atoms with van der Waals surface area (Å²) in [4.78, 5) is 37.9. The van der Waals surface area contributed by atoms with Crippen molar-refractivity contribution in [2.24, 2.45) is 0 Å². The third-order valence-electron chi connectivity index (χ3n) is 5.87. The van der Waals surface area contributed by atoms with Crippen LogP contribution in [0.3, 0.4) is 0 Å². The summed E-state index contributed by atoms with van der Waals surface area (Å²) in [6.07, 6.45) is 0.659. The van der Waals surface area contributed by atoms with Crippen LogP contribution in [0.5, 0.6) is 11.5 Å². The molecule has 1 aromatic heterocycles. The summed E-state index contributed by atoms with van der Waals surface area (Å²) < 4.78 is 10.6. The normalized spacial score (nSPS) is 15.7. The molecule has 2 N–H and O–H groups in total. The Morgan fingerprint density at radius 2 is 1.87 bits per heavy atom. The Labute approximate surface area is 233 Å². The average molecular weight is 565 g/mol. The van der Waals surface area contributed by atoms with Crippen LogP contribution in [-0.4, -0.2) is 84.5 Å². The molecule has 38 heavy (non-hydrogen) atoms. The second-order valence-corrected chi connectivity index (χ2v) is 11.4. The summed E-state index contributed by atoms with van der Waals surface area (Å²) in [6.45, 7) is 10.2. The first kappa shape index (κ1) is 29.6. The summed E-state index contributed by atoms with van der Waals surface area (Å²) in [5.41, 5.74) is 0.735. The summed E-state index contributed by atoms with van der Waals surface area (Å²) >= 11 is 7.52. The van der Waals surface area contributed by atoms with Gasteiger partial charge in [-0.15, -0.1) is 0 Å². The van der Waals surface area contributed by atoms with Crippen molar-refractivity contribution in [2.45, 2.75) is 50.9 Å². The first-order chi connectivity index (χ1) is 18.0. The number of halogens is 1. The van der Waals surface area contributed by atoms with E-state index in [1.165, 1.54) is 11.8 Å². The molecule has 10 nitrogen and oxygen atoms in total. The van der Waals surface area contributed by atoms with E-state index < -0.39 is 0 Å². The van der Waals surface area contributed by atoms with Gasteiger partial charge in [-0.25, -0.2) is 14.8 Å². The molecule has 1 saturated heterocycles. The second-order valence-electron chi connectivity index (χ2n) is 10.1. The molecule has 1 aromatic carbocycles. The molecule has 0 aliphatic carbocycles. The third-order valence-corrected chi connectivity index (χ3v) is 6.91. The SMILES string of the molecule is COc1ccc(CCNC(=O)CSc2nc(Cl)cc(N3CCN(C(=O)NC(C)(C)C)C(C)C3)n2)cc1OC. The van der Waals surface area contributed by atoms with Crippen LogP contribution in [0.4, 0.5) is 10.6 Å². The van der Waals surface area contributed by atoms with Crippen LogP contribution in [0.1, 0.15) is 33.3 Å². The lowest BCUT2D eigenvalue weighted by Crippen LogP contribution is -2.59. The van der Waals surface area contributed by atoms with Crippen molar-refractivity contribution in [3.63, 3.8) is 0 Å². The Balaban J connectivity index is 1.50. The van der Waals surface area contributed by atoms with Crippen molar-refractivity contribution in [3.05, 3.63) is 35.0 Å². The minimum atomic E-state index is -0.296. The Bertz CT molecular complexity index is 1130. The number of amides is 3. The minimum Gasteiger partial charge on any atom is -0.493 e. The number of carbonyl (C=O) groups is 2. The van der Waals surface area contributed by atoms with Gasteiger partial charge >= 0.3 is 6.03 Å². The van der Waals surface area contributed by atoms with Gasteiger partial charge in [0.2, 0.25) is 5.91 Å². The molecule has 1 unspecified atom stereocenters. The van der Waals surface area contributed by atoms with E-state index in [0.717, 1.165) is 5.56 Å². The van der Waals surface area contributed by atoms with Crippen LogP contribution in [0.25, 0.3) is 0 Å². The number of carbonyl (C=O) groups excluding carboxylic acids is 2. The number of ether oxygens (including phenoxy) is 2. The summed E-state index contributed by atoms with van der Waals surface area (Å²) in [7, 11) is 3.19. The fourth-order valence-corrected chi connectivity index (χ4v) is 4.95. The predicted molar refractivity (Wildman–Crippen MR) is 151 cm³/mol. The molecule has 3 rings (SSSR count). The number of benzene rings is 1. The number of hydrogen-bond donors (Lipinski definition) is 2. The zero-order valence-electron chi connectivity index (χ0n) is 22.8. The van der Waals surface area contributed by atoms with Gasteiger partial charge in [0, 0.05) is 43.8 Å². The van der Waals surface area contributed by atoms with Gasteiger partial charge in [0.1, 0.15) is 11.0 Å². The number of thioether (sulfide) groups is 1. The minimum absolute atomic E-state index is 0.00704. The standard InChI is InChI=1S/C26H37ClN6O4S/c1-17-15-32(11-12-33(17)25(35)31-26(2,3)4)22-14-21(27)29-24(30-22)38-16-23(34)28-10-9-18-7-8-19(36-5)20(13-18)37-6/h7-8,13-14,17H,9-12,15-16H2,1-6H3,(H,28,34)(H,31,35). The monoisotopic (exact) mass is 564 g/mol. The van der Waals surface area contributed by atoms with E-state index in [1.807, 2.05) is 50.8 Å². The van der Waals surface area contributed by atoms with Gasteiger partial charge in [-0.2, -0.15) is 0 Å². The summed E-state index contributed by atoms with van der Waals surface area (Å²) in [5, 5.41) is 6.69. The van der Waals surface area contributed by atoms with Crippen molar-refractivity contribution in [2.75, 3.05) is 51.1 Å². The number of nitrogens with zero attached hydrogens (tertiary/aromatic N) is 4. The van der Waals surface area contributed by atoms with Crippen LogP contribution in [0.15, 0.2) is 29.4 Å². The highest BCUT2D eigenvalue weighted by molar-refractivity contribution is 7.99. The van der Waals surface area contributed by atoms with Crippen molar-refractivity contribution in [1.82, 2.24) is 25.5 Å². The largest absolute Gasteiger partial charge is 0.493 e. The number of urea groups is 1. The molecule has 3 amide bonds. The van der Waals surface area contributed by atoms with Gasteiger partial charge in [0.25, 0.3) is 0 Å². The number of anilines is 1. The highest BCUT2D eigenvalue weighted by atomic mass is 35.5. The van der Waals surface area contributed by atoms with E-state index in [1.54, 1.807) is 20.3 Å². The molecule has 1 fully saturated rings. The van der Waals surface area contributed by atoms with Gasteiger partial charge in [-0.1, -0.05) is 29.4 Å². The maximum atomic E-state index is 12.6. The number of aromatic nitrogens is 2. The molecule has 12 heteroatoms. The quantitative estimate of drug-likeness (QED) is 0.270. The van der Waals surface area contributed by atoms with Crippen molar-refractivity contribution >= 4 is 41.1 Å². The average Bonchev–Trinajstić information content (AvgIpc) is 2.85. The predicted octanol–water partition coefficient (Wildman–Crippen LogP) is 3.62. The van der Waals surface area contributed by atoms with Gasteiger partial charge in [-0.3, -0.25) is 4.79 Å². The van der Waals surface area contributed by atoms with Crippen molar-refractivity contribution in [1.29, 1.82) is 0 Å². The van der Waals surface area contributed by atoms with Crippen molar-refractivity contribution < 1.29 is 19.1 Å². The molecule has 2 aromatic rings. The summed E-state index contributed by atoms with van der Waals surface area (Å²) in [5.74, 6) is 2.06. The van der Waals surface area contributed by atoms with Crippen LogP contribution in [0, 0.1) is 0 Å². The molecule has 0 bridgehead atoms. The van der Waals surface area contributed by atoms with Crippen molar-refractivity contribution in [3.8, 4) is 11.5 Å². The van der Waals surface area contributed by atoms with E-state index >= 15 is 0 Å². The number of rotatable bonds is 9. The van der Waals surface area contributed by atoms with E-state index in [4.69, 9.17) is 21.1 Å². The lowest BCUT2D eigenvalue weighted by molar-refractivity contribution is -0.118. The van der Waals surface area contributed by atoms with Gasteiger partial charge < -0.3 is 29.9 Å². The van der Waals surface area contributed by atoms with Gasteiger partial charge in [0.15, 0.2) is 16.7 Å². The lowest BCUT2D eigenvalue weighted by Gasteiger charge is -2.41. The Kier molecular flexibility index (Phi) is 10.3. The molecule has 1 aliphatic rings. The number of nitrogens with one attached hydrogen (secondary N) is 2.